The second-order valence-electron chi connectivity index (χ2n) is 5.07. The van der Waals surface area contributed by atoms with E-state index in [0.29, 0.717) is 17.9 Å². The Kier molecular flexibility index (Phi) is 5.01. The molecule has 0 aliphatic heterocycles. The molecule has 6 heteroatoms. The second kappa shape index (κ2) is 6.76. The van der Waals surface area contributed by atoms with Crippen LogP contribution in [-0.4, -0.2) is 17.6 Å². The van der Waals surface area contributed by atoms with Crippen LogP contribution < -0.4 is 15.8 Å². The van der Waals surface area contributed by atoms with Crippen LogP contribution in [0.1, 0.15) is 24.5 Å². The van der Waals surface area contributed by atoms with Gasteiger partial charge in [-0.15, -0.1) is 11.3 Å². The van der Waals surface area contributed by atoms with Gasteiger partial charge in [0.25, 0.3) is 0 Å². The van der Waals surface area contributed by atoms with Gasteiger partial charge in [-0.3, -0.25) is 0 Å². The number of hydrogen-bond acceptors (Lipinski definition) is 5. The summed E-state index contributed by atoms with van der Waals surface area (Å²) in [4.78, 5) is 4.40. The third kappa shape index (κ3) is 4.32. The maximum atomic E-state index is 13.7. The zero-order valence-corrected chi connectivity index (χ0v) is 13.3. The smallest absolute Gasteiger partial charge is 0.167 e. The number of anilines is 2. The van der Waals surface area contributed by atoms with Gasteiger partial charge < -0.3 is 15.8 Å². The van der Waals surface area contributed by atoms with Crippen LogP contribution in [0.15, 0.2) is 17.5 Å². The Hall–Kier alpha value is -1.82. The van der Waals surface area contributed by atoms with Crippen molar-refractivity contribution in [1.82, 2.24) is 4.98 Å². The summed E-state index contributed by atoms with van der Waals surface area (Å²) in [5, 5.41) is 6.30. The minimum Gasteiger partial charge on any atom is -0.488 e. The number of ether oxygens (including phenoxy) is 1. The predicted octanol–water partition coefficient (Wildman–Crippen LogP) is 3.61. The molecule has 0 spiro atoms. The van der Waals surface area contributed by atoms with E-state index in [0.717, 1.165) is 17.1 Å². The molecule has 0 aliphatic carbocycles. The van der Waals surface area contributed by atoms with E-state index in [1.165, 1.54) is 6.07 Å². The Labute approximate surface area is 128 Å². The molecule has 2 aromatic rings. The number of nitrogens with two attached hydrogens (primary N) is 1. The standard InChI is InChI=1S/C15H20FN3OS/c1-9(2)20-15-7-14(13(17)6-12(15)16)18-5-4-11-8-21-10(3)19-11/h6-9,18H,4-5,17H2,1-3H3. The molecule has 3 N–H and O–H groups in total. The SMILES string of the molecule is Cc1nc(CCNc2cc(OC(C)C)c(F)cc2N)cs1. The molecule has 1 heterocycles. The highest BCUT2D eigenvalue weighted by molar-refractivity contribution is 7.09. The molecule has 4 nitrogen and oxygen atoms in total. The molecule has 0 saturated carbocycles. The number of nitrogens with zero attached hydrogens (tertiary/aromatic N) is 1. The third-order valence-corrected chi connectivity index (χ3v) is 3.65. The molecule has 0 unspecified atom stereocenters. The van der Waals surface area contributed by atoms with Crippen LogP contribution in [0.5, 0.6) is 5.75 Å². The van der Waals surface area contributed by atoms with Gasteiger partial charge in [-0.2, -0.15) is 0 Å². The Balaban J connectivity index is 2.01. The first-order chi connectivity index (χ1) is 9.95. The Morgan fingerprint density at radius 2 is 2.19 bits per heavy atom. The van der Waals surface area contributed by atoms with E-state index in [-0.39, 0.29) is 11.9 Å². The van der Waals surface area contributed by atoms with Crippen LogP contribution >= 0.6 is 11.3 Å². The highest BCUT2D eigenvalue weighted by Gasteiger charge is 2.10. The van der Waals surface area contributed by atoms with Crippen molar-refractivity contribution in [3.05, 3.63) is 34.0 Å². The molecule has 0 bridgehead atoms. The zero-order valence-electron chi connectivity index (χ0n) is 12.4. The number of benzene rings is 1. The summed E-state index contributed by atoms with van der Waals surface area (Å²) < 4.78 is 19.2. The second-order valence-corrected chi connectivity index (χ2v) is 6.13. The average molecular weight is 309 g/mol. The van der Waals surface area contributed by atoms with Crippen molar-refractivity contribution < 1.29 is 9.13 Å². The number of thiazole rings is 1. The van der Waals surface area contributed by atoms with Crippen molar-refractivity contribution in [2.45, 2.75) is 33.3 Å². The minimum atomic E-state index is -0.443. The molecule has 114 valence electrons. The summed E-state index contributed by atoms with van der Waals surface area (Å²) in [6.07, 6.45) is 0.704. The van der Waals surface area contributed by atoms with Crippen molar-refractivity contribution in [1.29, 1.82) is 0 Å². The Morgan fingerprint density at radius 1 is 1.43 bits per heavy atom. The van der Waals surface area contributed by atoms with Crippen LogP contribution in [0.2, 0.25) is 0 Å². The first-order valence-corrected chi connectivity index (χ1v) is 7.74. The lowest BCUT2D eigenvalue weighted by atomic mass is 10.2. The number of halogens is 1. The van der Waals surface area contributed by atoms with Crippen LogP contribution in [0.4, 0.5) is 15.8 Å². The van der Waals surface area contributed by atoms with Gasteiger partial charge in [0.2, 0.25) is 0 Å². The highest BCUT2D eigenvalue weighted by atomic mass is 32.1. The number of aromatic nitrogens is 1. The molecule has 0 amide bonds. The molecule has 2 rings (SSSR count). The summed E-state index contributed by atoms with van der Waals surface area (Å²) in [7, 11) is 0. The molecule has 0 aliphatic rings. The molecule has 0 radical (unpaired) electrons. The Morgan fingerprint density at radius 3 is 2.81 bits per heavy atom. The Bertz CT molecular complexity index is 613. The van der Waals surface area contributed by atoms with E-state index >= 15 is 0 Å². The van der Waals surface area contributed by atoms with E-state index in [1.807, 2.05) is 26.2 Å². The topological polar surface area (TPSA) is 60.2 Å². The van der Waals surface area contributed by atoms with Crippen molar-refractivity contribution in [3.8, 4) is 5.75 Å². The number of aryl methyl sites for hydroxylation is 1. The lowest BCUT2D eigenvalue weighted by Crippen LogP contribution is -2.10. The van der Waals surface area contributed by atoms with Gasteiger partial charge in [0, 0.05) is 30.5 Å². The summed E-state index contributed by atoms with van der Waals surface area (Å²) in [5.74, 6) is -0.229. The van der Waals surface area contributed by atoms with Gasteiger partial charge in [0.15, 0.2) is 11.6 Å². The van der Waals surface area contributed by atoms with E-state index in [9.17, 15) is 4.39 Å². The maximum absolute atomic E-state index is 13.7. The molecule has 0 saturated heterocycles. The van der Waals surface area contributed by atoms with Gasteiger partial charge in [-0.25, -0.2) is 9.37 Å². The van der Waals surface area contributed by atoms with E-state index in [4.69, 9.17) is 10.5 Å². The summed E-state index contributed by atoms with van der Waals surface area (Å²) in [6.45, 7) is 6.37. The van der Waals surface area contributed by atoms with E-state index in [2.05, 4.69) is 10.3 Å². The van der Waals surface area contributed by atoms with Crippen LogP contribution in [0.25, 0.3) is 0 Å². The lowest BCUT2D eigenvalue weighted by molar-refractivity contribution is 0.231. The number of hydrogen-bond donors (Lipinski definition) is 2. The molecule has 0 atom stereocenters. The number of nitrogen functional groups attached to an aromatic ring is 1. The summed E-state index contributed by atoms with van der Waals surface area (Å²) in [6, 6.07) is 2.89. The number of nitrogens with one attached hydrogen (secondary N) is 1. The third-order valence-electron chi connectivity index (χ3n) is 2.83. The largest absolute Gasteiger partial charge is 0.488 e. The monoisotopic (exact) mass is 309 g/mol. The fourth-order valence-corrected chi connectivity index (χ4v) is 2.56. The van der Waals surface area contributed by atoms with E-state index in [1.54, 1.807) is 17.4 Å². The molecule has 21 heavy (non-hydrogen) atoms. The van der Waals surface area contributed by atoms with Crippen molar-refractivity contribution >= 4 is 22.7 Å². The van der Waals surface area contributed by atoms with Crippen LogP contribution in [0, 0.1) is 12.7 Å². The zero-order chi connectivity index (χ0) is 15.4. The van der Waals surface area contributed by atoms with Gasteiger partial charge in [0.05, 0.1) is 28.2 Å². The minimum absolute atomic E-state index is 0.0889. The van der Waals surface area contributed by atoms with Crippen LogP contribution in [-0.2, 0) is 6.42 Å². The van der Waals surface area contributed by atoms with Gasteiger partial charge >= 0.3 is 0 Å². The fourth-order valence-electron chi connectivity index (χ4n) is 1.91. The molecule has 1 aromatic heterocycles. The van der Waals surface area contributed by atoms with Gasteiger partial charge in [-0.1, -0.05) is 0 Å². The first kappa shape index (κ1) is 15.6. The molecular weight excluding hydrogens is 289 g/mol. The van der Waals surface area contributed by atoms with Crippen LogP contribution in [0.3, 0.4) is 0 Å². The van der Waals surface area contributed by atoms with Crippen molar-refractivity contribution in [3.63, 3.8) is 0 Å². The van der Waals surface area contributed by atoms with Crippen molar-refractivity contribution in [2.24, 2.45) is 0 Å². The summed E-state index contributed by atoms with van der Waals surface area (Å²) in [5.41, 5.74) is 7.93. The molecule has 0 fully saturated rings. The first-order valence-electron chi connectivity index (χ1n) is 6.86. The average Bonchev–Trinajstić information content (AvgIpc) is 2.80. The predicted molar refractivity (Wildman–Crippen MR) is 85.6 cm³/mol. The van der Waals surface area contributed by atoms with E-state index < -0.39 is 5.82 Å². The lowest BCUT2D eigenvalue weighted by Gasteiger charge is -2.14. The van der Waals surface area contributed by atoms with Crippen molar-refractivity contribution in [2.75, 3.05) is 17.6 Å². The molecule has 1 aromatic carbocycles. The normalized spacial score (nSPS) is 10.9. The maximum Gasteiger partial charge on any atom is 0.167 e. The quantitative estimate of drug-likeness (QED) is 0.800. The molecular formula is C15H20FN3OS. The highest BCUT2D eigenvalue weighted by Crippen LogP contribution is 2.28. The summed E-state index contributed by atoms with van der Waals surface area (Å²) >= 11 is 1.63. The van der Waals surface area contributed by atoms with Gasteiger partial charge in [0.1, 0.15) is 0 Å². The number of rotatable bonds is 6. The fraction of sp³-hybridized carbons (Fsp3) is 0.400. The van der Waals surface area contributed by atoms with Gasteiger partial charge in [-0.05, 0) is 20.8 Å².